The smallest absolute Gasteiger partial charge is 0.0400 e. The first kappa shape index (κ1) is 23.1. The monoisotopic (exact) mass is 480 g/mol. The van der Waals surface area contributed by atoms with Crippen LogP contribution in [0.2, 0.25) is 0 Å². The summed E-state index contributed by atoms with van der Waals surface area (Å²) in [7, 11) is 0. The van der Waals surface area contributed by atoms with E-state index in [1.54, 1.807) is 0 Å². The van der Waals surface area contributed by atoms with Crippen molar-refractivity contribution in [3.05, 3.63) is 191 Å². The van der Waals surface area contributed by atoms with Crippen molar-refractivity contribution in [3.63, 3.8) is 0 Å². The Hall–Kier alpha value is -5.30. The third kappa shape index (κ3) is 4.99. The van der Waals surface area contributed by atoms with Crippen LogP contribution >= 0.6 is 0 Å². The number of fused-ring (bicyclic) bond motifs is 2. The maximum absolute atomic E-state index is 3.38. The minimum Gasteiger partial charge on any atom is -0.0622 e. The van der Waals surface area contributed by atoms with E-state index in [0.29, 0.717) is 0 Å². The fraction of sp³-hybridized carbons (Fsp3) is 0. The van der Waals surface area contributed by atoms with Gasteiger partial charge in [-0.1, -0.05) is 145 Å². The molecule has 0 nitrogen and oxygen atoms in total. The Morgan fingerprint density at radius 3 is 1.11 bits per heavy atom. The van der Waals surface area contributed by atoms with Gasteiger partial charge in [-0.15, -0.1) is 0 Å². The van der Waals surface area contributed by atoms with E-state index >= 15 is 0 Å². The van der Waals surface area contributed by atoms with Crippen molar-refractivity contribution in [1.29, 1.82) is 0 Å². The lowest BCUT2D eigenvalue weighted by Gasteiger charge is -2.07. The first-order valence-electron chi connectivity index (χ1n) is 12.7. The second-order valence-corrected chi connectivity index (χ2v) is 9.11. The molecule has 6 aromatic carbocycles. The number of hydrogen-bond donors (Lipinski definition) is 0. The number of rotatable bonds is 4. The molecule has 0 radical (unpaired) electrons. The van der Waals surface area contributed by atoms with E-state index < -0.39 is 0 Å². The van der Waals surface area contributed by atoms with Crippen molar-refractivity contribution in [1.82, 2.24) is 0 Å². The molecular weight excluding hydrogens is 456 g/mol. The highest BCUT2D eigenvalue weighted by molar-refractivity contribution is 5.90. The minimum absolute atomic E-state index is 0.970. The molecule has 0 amide bonds. The van der Waals surface area contributed by atoms with Crippen LogP contribution in [0.15, 0.2) is 169 Å². The van der Waals surface area contributed by atoms with Gasteiger partial charge in [0.15, 0.2) is 0 Å². The highest BCUT2D eigenvalue weighted by Gasteiger charge is 2.06. The molecule has 0 saturated carbocycles. The summed E-state index contributed by atoms with van der Waals surface area (Å²) < 4.78 is 0. The van der Waals surface area contributed by atoms with E-state index in [-0.39, 0.29) is 0 Å². The zero-order valence-electron chi connectivity index (χ0n) is 20.9. The average molecular weight is 481 g/mol. The zero-order valence-corrected chi connectivity index (χ0v) is 20.9. The van der Waals surface area contributed by atoms with E-state index in [2.05, 4.69) is 132 Å². The molecule has 0 fully saturated rings. The Bertz CT molecular complexity index is 1790. The topological polar surface area (TPSA) is 0 Å². The van der Waals surface area contributed by atoms with Gasteiger partial charge < -0.3 is 0 Å². The predicted molar refractivity (Wildman–Crippen MR) is 160 cm³/mol. The fourth-order valence-corrected chi connectivity index (χ4v) is 4.71. The molecule has 0 spiro atoms. The molecule has 6 aromatic rings. The van der Waals surface area contributed by atoms with Crippen LogP contribution in [-0.4, -0.2) is 0 Å². The van der Waals surface area contributed by atoms with E-state index in [1.165, 1.54) is 21.5 Å². The third-order valence-corrected chi connectivity index (χ3v) is 6.64. The molecule has 0 aliphatic carbocycles. The van der Waals surface area contributed by atoms with E-state index in [1.807, 2.05) is 36.4 Å². The predicted octanol–water partition coefficient (Wildman–Crippen LogP) is 9.62. The maximum Gasteiger partial charge on any atom is 0.0400 e. The van der Waals surface area contributed by atoms with E-state index in [4.69, 9.17) is 0 Å². The van der Waals surface area contributed by atoms with Gasteiger partial charge in [0.25, 0.3) is 0 Å². The summed E-state index contributed by atoms with van der Waals surface area (Å²) >= 11 is 0. The van der Waals surface area contributed by atoms with Crippen LogP contribution in [0.1, 0.15) is 22.3 Å². The second kappa shape index (κ2) is 10.8. The molecule has 0 heteroatoms. The Morgan fingerprint density at radius 2 is 0.684 bits per heavy atom. The molecule has 0 aliphatic heterocycles. The molecule has 0 saturated heterocycles. The quantitative estimate of drug-likeness (QED) is 0.220. The molecule has 176 valence electrons. The Balaban J connectivity index is 1.58. The SMILES string of the molecule is C(=C=C=C(c1ccccc1)c1ccc2ccccc2c1)=C=C(c1ccccc1)c1ccc2ccccc2c1. The van der Waals surface area contributed by atoms with Crippen molar-refractivity contribution >= 4 is 32.7 Å². The number of benzene rings is 6. The molecule has 0 heterocycles. The summed E-state index contributed by atoms with van der Waals surface area (Å²) in [6.45, 7) is 0. The fourth-order valence-electron chi connectivity index (χ4n) is 4.71. The Kier molecular flexibility index (Phi) is 6.55. The van der Waals surface area contributed by atoms with Gasteiger partial charge in [-0.05, 0) is 67.4 Å². The zero-order chi connectivity index (χ0) is 25.6. The highest BCUT2D eigenvalue weighted by atomic mass is 14.1. The molecule has 0 unspecified atom stereocenters. The summed E-state index contributed by atoms with van der Waals surface area (Å²) in [4.78, 5) is 0. The van der Waals surface area contributed by atoms with Gasteiger partial charge in [0, 0.05) is 11.1 Å². The minimum atomic E-state index is 0.970. The Labute approximate surface area is 223 Å². The van der Waals surface area contributed by atoms with Gasteiger partial charge in [-0.25, -0.2) is 0 Å². The third-order valence-electron chi connectivity index (χ3n) is 6.64. The van der Waals surface area contributed by atoms with Gasteiger partial charge in [-0.2, -0.15) is 0 Å². The summed E-state index contributed by atoms with van der Waals surface area (Å²) in [5.74, 6) is 0. The van der Waals surface area contributed by atoms with Crippen molar-refractivity contribution in [2.24, 2.45) is 0 Å². The summed E-state index contributed by atoms with van der Waals surface area (Å²) in [5, 5.41) is 4.83. The normalized spacial score (nSPS) is 10.2. The highest BCUT2D eigenvalue weighted by Crippen LogP contribution is 2.27. The van der Waals surface area contributed by atoms with Gasteiger partial charge in [0.05, 0.1) is 0 Å². The summed E-state index contributed by atoms with van der Waals surface area (Å²) in [6.07, 6.45) is 0. The lowest BCUT2D eigenvalue weighted by Crippen LogP contribution is -1.87. The van der Waals surface area contributed by atoms with Crippen LogP contribution in [0.5, 0.6) is 0 Å². The average Bonchev–Trinajstić information content (AvgIpc) is 2.99. The van der Waals surface area contributed by atoms with Crippen molar-refractivity contribution in [2.75, 3.05) is 0 Å². The second-order valence-electron chi connectivity index (χ2n) is 9.11. The van der Waals surface area contributed by atoms with E-state index in [9.17, 15) is 0 Å². The molecule has 0 atom stereocenters. The van der Waals surface area contributed by atoms with Gasteiger partial charge >= 0.3 is 0 Å². The van der Waals surface area contributed by atoms with E-state index in [0.717, 1.165) is 33.4 Å². The molecule has 0 aliphatic rings. The lowest BCUT2D eigenvalue weighted by atomic mass is 9.96. The van der Waals surface area contributed by atoms with Crippen LogP contribution in [0.4, 0.5) is 0 Å². The van der Waals surface area contributed by atoms with Crippen LogP contribution < -0.4 is 0 Å². The lowest BCUT2D eigenvalue weighted by molar-refractivity contribution is 1.57. The summed E-state index contributed by atoms with van der Waals surface area (Å²) in [5.41, 5.74) is 19.4. The number of hydrogen-bond acceptors (Lipinski definition) is 0. The molecular formula is C38H24. The summed E-state index contributed by atoms with van der Waals surface area (Å²) in [6, 6.07) is 50.5. The van der Waals surface area contributed by atoms with Gasteiger partial charge in [0.2, 0.25) is 0 Å². The molecule has 0 aromatic heterocycles. The standard InChI is InChI=1S/C38H24/c1-3-15-31(16-4-1)37(35-25-23-29-13-7-9-19-33(29)27-35)21-11-12-22-38(32-17-5-2-6-18-32)36-26-24-30-14-8-10-20-34(30)28-36/h1-10,13-20,23-28H. The van der Waals surface area contributed by atoms with Crippen molar-refractivity contribution < 1.29 is 0 Å². The van der Waals surface area contributed by atoms with Gasteiger partial charge in [-0.3, -0.25) is 0 Å². The van der Waals surface area contributed by atoms with Gasteiger partial charge in [0.1, 0.15) is 0 Å². The van der Waals surface area contributed by atoms with Crippen LogP contribution in [0.3, 0.4) is 0 Å². The van der Waals surface area contributed by atoms with Crippen molar-refractivity contribution in [2.45, 2.75) is 0 Å². The molecule has 6 rings (SSSR count). The van der Waals surface area contributed by atoms with Crippen molar-refractivity contribution in [3.8, 4) is 0 Å². The maximum atomic E-state index is 3.38. The van der Waals surface area contributed by atoms with Crippen LogP contribution in [0, 0.1) is 0 Å². The first-order valence-corrected chi connectivity index (χ1v) is 12.7. The molecule has 0 N–H and O–H groups in total. The molecule has 38 heavy (non-hydrogen) atoms. The largest absolute Gasteiger partial charge is 0.0622 e. The van der Waals surface area contributed by atoms with Crippen LogP contribution in [-0.2, 0) is 0 Å². The molecule has 0 bridgehead atoms. The van der Waals surface area contributed by atoms with Crippen LogP contribution in [0.25, 0.3) is 32.7 Å². The first-order chi connectivity index (χ1) is 18.8. The Morgan fingerprint density at radius 1 is 0.316 bits per heavy atom.